The molecule has 12 heteroatoms. The first-order chi connectivity index (χ1) is 27.2. The average molecular weight is 1090 g/mol. The topological polar surface area (TPSA) is 36.9 Å². The van der Waals surface area contributed by atoms with Crippen LogP contribution in [-0.4, -0.2) is 26.4 Å². The van der Waals surface area contributed by atoms with Crippen LogP contribution >= 0.6 is 111 Å². The molecule has 0 saturated heterocycles. The van der Waals surface area contributed by atoms with E-state index in [0.717, 1.165) is 157 Å². The summed E-state index contributed by atoms with van der Waals surface area (Å²) in [6.45, 7) is 11.5. The molecule has 0 N–H and O–H groups in total. The highest BCUT2D eigenvalue weighted by Crippen LogP contribution is 2.55. The summed E-state index contributed by atoms with van der Waals surface area (Å²) in [6, 6.07) is 17.4. The summed E-state index contributed by atoms with van der Waals surface area (Å²) < 4.78 is 31.1. The minimum Gasteiger partial charge on any atom is -0.491 e. The van der Waals surface area contributed by atoms with Crippen LogP contribution in [0.4, 0.5) is 0 Å². The number of unbranched alkanes of at least 4 members (excludes halogenated alkanes) is 8. The average Bonchev–Trinajstić information content (AvgIpc) is 3.15. The van der Waals surface area contributed by atoms with Crippen LogP contribution < -0.4 is 18.9 Å². The van der Waals surface area contributed by atoms with E-state index in [4.69, 9.17) is 18.9 Å². The number of rotatable bonds is 20. The minimum absolute atomic E-state index is 0.640. The Bertz CT molecular complexity index is 1530. The Morgan fingerprint density at radius 3 is 0.661 bits per heavy atom. The first-order valence-electron chi connectivity index (χ1n) is 19.8. The number of ether oxygens (including phenoxy) is 4. The fourth-order valence-electron chi connectivity index (χ4n) is 5.93. The van der Waals surface area contributed by atoms with Gasteiger partial charge in [0.15, 0.2) is 0 Å². The van der Waals surface area contributed by atoms with Gasteiger partial charge in [-0.25, -0.2) is 0 Å². The fourth-order valence-corrected chi connectivity index (χ4v) is 13.8. The monoisotopic (exact) mass is 1090 g/mol. The zero-order valence-electron chi connectivity index (χ0n) is 32.7. The van der Waals surface area contributed by atoms with E-state index in [-0.39, 0.29) is 0 Å². The van der Waals surface area contributed by atoms with E-state index < -0.39 is 0 Å². The molecule has 304 valence electrons. The van der Waals surface area contributed by atoms with Crippen molar-refractivity contribution >= 4 is 111 Å². The van der Waals surface area contributed by atoms with Crippen molar-refractivity contribution in [2.24, 2.45) is 0 Å². The first-order valence-corrected chi connectivity index (χ1v) is 26.2. The number of hydrogen-bond acceptors (Lipinski definition) is 8. The second-order valence-corrected chi connectivity index (χ2v) is 21.6. The van der Waals surface area contributed by atoms with Gasteiger partial charge in [0, 0.05) is 17.9 Å². The second-order valence-electron chi connectivity index (χ2n) is 13.6. The van der Waals surface area contributed by atoms with Gasteiger partial charge < -0.3 is 18.9 Å². The van der Waals surface area contributed by atoms with Gasteiger partial charge in [-0.2, -0.15) is 0 Å². The predicted octanol–water partition coefficient (Wildman–Crippen LogP) is 17.9. The zero-order chi connectivity index (χ0) is 39.9. The lowest BCUT2D eigenvalue weighted by atomic mass is 10.3. The summed E-state index contributed by atoms with van der Waals surface area (Å²) >= 11 is 22.3. The van der Waals surface area contributed by atoms with E-state index >= 15 is 0 Å². The molecule has 0 aliphatic carbocycles. The SMILES string of the molecule is CCCCCOc1c2cc(Br)cc1Sc1cc(Br)cc(c1OCCCCC)Sc1cc(Br)cc(c1OCCCCC)Sc1cc(Br)cc(c1OCCCCC)S2. The molecule has 0 radical (unpaired) electrons. The van der Waals surface area contributed by atoms with Crippen LogP contribution in [0.3, 0.4) is 0 Å². The van der Waals surface area contributed by atoms with E-state index in [1.54, 1.807) is 47.0 Å². The quantitative estimate of drug-likeness (QED) is 0.0714. The van der Waals surface area contributed by atoms with Crippen molar-refractivity contribution in [1.82, 2.24) is 0 Å². The highest BCUT2D eigenvalue weighted by molar-refractivity contribution is 9.11. The Kier molecular flexibility index (Phi) is 20.4. The summed E-state index contributed by atoms with van der Waals surface area (Å²) in [6.07, 6.45) is 12.9. The maximum Gasteiger partial charge on any atom is 0.147 e. The highest BCUT2D eigenvalue weighted by Gasteiger charge is 2.25. The fraction of sp³-hybridized carbons (Fsp3) is 0.455. The van der Waals surface area contributed by atoms with Crippen LogP contribution in [0.15, 0.2) is 106 Å². The lowest BCUT2D eigenvalue weighted by Crippen LogP contribution is -2.03. The standard InChI is InChI=1S/C44H52Br4O4S4/c1-5-9-13-17-49-41-33-21-29(45)22-34(41)54-36-24-31(47)26-38(43(36)51-19-15-11-7-3)56-40-28-32(48)27-39(44(40)52-20-16-12-8-4)55-37-25-30(46)23-35(53-33)42(37)50-18-14-10-6-2/h21-28H,5-20H2,1-4H3. The van der Waals surface area contributed by atoms with Crippen molar-refractivity contribution in [2.75, 3.05) is 26.4 Å². The molecule has 0 amide bonds. The second kappa shape index (κ2) is 24.6. The molecule has 0 aromatic heterocycles. The molecule has 0 saturated carbocycles. The van der Waals surface area contributed by atoms with Crippen molar-refractivity contribution in [3.05, 3.63) is 66.4 Å². The summed E-state index contributed by atoms with van der Waals surface area (Å²) in [7, 11) is 0. The predicted molar refractivity (Wildman–Crippen MR) is 253 cm³/mol. The van der Waals surface area contributed by atoms with Gasteiger partial charge in [-0.15, -0.1) is 0 Å². The third-order valence-corrected chi connectivity index (χ3v) is 14.8. The third-order valence-electron chi connectivity index (χ3n) is 8.80. The zero-order valence-corrected chi connectivity index (χ0v) is 42.3. The van der Waals surface area contributed by atoms with Gasteiger partial charge in [0.2, 0.25) is 0 Å². The van der Waals surface area contributed by atoms with E-state index in [9.17, 15) is 0 Å². The van der Waals surface area contributed by atoms with Crippen molar-refractivity contribution < 1.29 is 18.9 Å². The van der Waals surface area contributed by atoms with Crippen LogP contribution in [0, 0.1) is 0 Å². The van der Waals surface area contributed by atoms with Crippen LogP contribution in [0.5, 0.6) is 23.0 Å². The molecule has 4 aromatic carbocycles. The lowest BCUT2D eigenvalue weighted by molar-refractivity contribution is 0.289. The van der Waals surface area contributed by atoms with Crippen LogP contribution in [0.25, 0.3) is 0 Å². The van der Waals surface area contributed by atoms with Crippen LogP contribution in [0.1, 0.15) is 105 Å². The molecule has 0 atom stereocenters. The largest absolute Gasteiger partial charge is 0.491 e. The summed E-state index contributed by atoms with van der Waals surface area (Å²) in [5.41, 5.74) is 0. The van der Waals surface area contributed by atoms with Crippen LogP contribution in [0.2, 0.25) is 0 Å². The van der Waals surface area contributed by atoms with Gasteiger partial charge in [-0.3, -0.25) is 0 Å². The van der Waals surface area contributed by atoms with Gasteiger partial charge in [-0.05, 0) is 74.2 Å². The van der Waals surface area contributed by atoms with Gasteiger partial charge in [0.25, 0.3) is 0 Å². The van der Waals surface area contributed by atoms with E-state index in [1.165, 1.54) is 0 Å². The molecule has 1 aliphatic heterocycles. The smallest absolute Gasteiger partial charge is 0.147 e. The Morgan fingerprint density at radius 1 is 0.321 bits per heavy atom. The van der Waals surface area contributed by atoms with Crippen LogP contribution in [-0.2, 0) is 0 Å². The minimum atomic E-state index is 0.640. The molecule has 1 heterocycles. The number of benzene rings is 4. The molecule has 0 unspecified atom stereocenters. The normalized spacial score (nSPS) is 12.4. The van der Waals surface area contributed by atoms with E-state index in [1.807, 2.05) is 0 Å². The molecular weight excluding hydrogens is 1040 g/mol. The van der Waals surface area contributed by atoms with Crippen molar-refractivity contribution in [1.29, 1.82) is 0 Å². The molecule has 4 nitrogen and oxygen atoms in total. The molecular formula is C44H52Br4O4S4. The van der Waals surface area contributed by atoms with Gasteiger partial charge in [0.05, 0.1) is 65.6 Å². The maximum atomic E-state index is 6.80. The Labute approximate surface area is 385 Å². The Balaban J connectivity index is 1.77. The van der Waals surface area contributed by atoms with Gasteiger partial charge in [0.1, 0.15) is 23.0 Å². The van der Waals surface area contributed by atoms with Crippen molar-refractivity contribution in [3.63, 3.8) is 0 Å². The van der Waals surface area contributed by atoms with Crippen molar-refractivity contribution in [3.8, 4) is 23.0 Å². The van der Waals surface area contributed by atoms with Gasteiger partial charge in [-0.1, -0.05) is 190 Å². The Morgan fingerprint density at radius 2 is 0.500 bits per heavy atom. The maximum absolute atomic E-state index is 6.80. The molecule has 5 rings (SSSR count). The molecule has 8 bridgehead atoms. The number of fused-ring (bicyclic) bond motifs is 8. The van der Waals surface area contributed by atoms with Crippen molar-refractivity contribution in [2.45, 2.75) is 144 Å². The lowest BCUT2D eigenvalue weighted by Gasteiger charge is -2.23. The van der Waals surface area contributed by atoms with E-state index in [2.05, 4.69) is 140 Å². The highest BCUT2D eigenvalue weighted by atomic mass is 79.9. The number of hydrogen-bond donors (Lipinski definition) is 0. The Hall–Kier alpha value is -0.600. The van der Waals surface area contributed by atoms with Gasteiger partial charge >= 0.3 is 0 Å². The first kappa shape index (κ1) is 46.5. The third kappa shape index (κ3) is 13.7. The molecule has 1 aliphatic rings. The molecule has 0 spiro atoms. The summed E-state index contributed by atoms with van der Waals surface area (Å²) in [5, 5.41) is 0. The molecule has 0 fully saturated rings. The molecule has 4 aromatic rings. The van der Waals surface area contributed by atoms with E-state index in [0.29, 0.717) is 26.4 Å². The summed E-state index contributed by atoms with van der Waals surface area (Å²) in [4.78, 5) is 8.20. The molecule has 56 heavy (non-hydrogen) atoms. The number of halogens is 4. The summed E-state index contributed by atoms with van der Waals surface area (Å²) in [5.74, 6) is 3.50.